The Morgan fingerprint density at radius 2 is 1.90 bits per heavy atom. The summed E-state index contributed by atoms with van der Waals surface area (Å²) in [7, 11) is 0. The van der Waals surface area contributed by atoms with Gasteiger partial charge >= 0.3 is 12.0 Å². The summed E-state index contributed by atoms with van der Waals surface area (Å²) in [5.41, 5.74) is 1.09. The monoisotopic (exact) mass is 312 g/mol. The summed E-state index contributed by atoms with van der Waals surface area (Å²) in [4.78, 5) is 22.2. The molecule has 21 heavy (non-hydrogen) atoms. The zero-order chi connectivity index (χ0) is 15.7. The van der Waals surface area contributed by atoms with Gasteiger partial charge in [0.2, 0.25) is 0 Å². The minimum atomic E-state index is -0.841. The van der Waals surface area contributed by atoms with Crippen molar-refractivity contribution in [2.24, 2.45) is 5.92 Å². The van der Waals surface area contributed by atoms with Crippen LogP contribution in [0, 0.1) is 5.92 Å². The van der Waals surface area contributed by atoms with Gasteiger partial charge in [0.25, 0.3) is 0 Å². The largest absolute Gasteiger partial charge is 0.481 e. The number of urea groups is 1. The topological polar surface area (TPSA) is 78.4 Å². The minimum Gasteiger partial charge on any atom is -0.481 e. The van der Waals surface area contributed by atoms with Gasteiger partial charge in [0.1, 0.15) is 0 Å². The lowest BCUT2D eigenvalue weighted by atomic mass is 10.0. The second kappa shape index (κ2) is 9.23. The highest BCUT2D eigenvalue weighted by molar-refractivity contribution is 6.30. The van der Waals surface area contributed by atoms with Gasteiger partial charge in [0, 0.05) is 24.5 Å². The van der Waals surface area contributed by atoms with E-state index in [0.717, 1.165) is 18.4 Å². The van der Waals surface area contributed by atoms with Gasteiger partial charge in [-0.05, 0) is 30.0 Å². The molecule has 0 heterocycles. The first-order chi connectivity index (χ1) is 10.0. The van der Waals surface area contributed by atoms with Crippen LogP contribution in [0.1, 0.15) is 25.3 Å². The van der Waals surface area contributed by atoms with E-state index in [0.29, 0.717) is 18.1 Å². The molecule has 1 atom stereocenters. The SMILES string of the molecule is CCC(CNC(=O)NCCc1ccc(Cl)cc1)CC(=O)O. The average molecular weight is 313 g/mol. The molecule has 5 nitrogen and oxygen atoms in total. The lowest BCUT2D eigenvalue weighted by Crippen LogP contribution is -2.39. The van der Waals surface area contributed by atoms with Gasteiger partial charge < -0.3 is 15.7 Å². The summed E-state index contributed by atoms with van der Waals surface area (Å²) in [6.07, 6.45) is 1.51. The van der Waals surface area contributed by atoms with Crippen molar-refractivity contribution in [1.82, 2.24) is 10.6 Å². The molecule has 0 saturated heterocycles. The molecule has 6 heteroatoms. The van der Waals surface area contributed by atoms with Crippen LogP contribution in [0.15, 0.2) is 24.3 Å². The van der Waals surface area contributed by atoms with Crippen molar-refractivity contribution in [1.29, 1.82) is 0 Å². The molecule has 0 spiro atoms. The zero-order valence-corrected chi connectivity index (χ0v) is 12.8. The molecular formula is C15H21ClN2O3. The quantitative estimate of drug-likeness (QED) is 0.690. The fourth-order valence-corrected chi connectivity index (χ4v) is 2.00. The normalized spacial score (nSPS) is 11.7. The lowest BCUT2D eigenvalue weighted by molar-refractivity contribution is -0.138. The van der Waals surface area contributed by atoms with Gasteiger partial charge in [-0.3, -0.25) is 4.79 Å². The lowest BCUT2D eigenvalue weighted by Gasteiger charge is -2.14. The summed E-state index contributed by atoms with van der Waals surface area (Å²) in [6.45, 7) is 2.80. The fourth-order valence-electron chi connectivity index (χ4n) is 1.88. The molecule has 0 aliphatic rings. The average Bonchev–Trinajstić information content (AvgIpc) is 2.45. The van der Waals surface area contributed by atoms with Crippen LogP contribution in [0.25, 0.3) is 0 Å². The maximum absolute atomic E-state index is 11.6. The molecule has 0 aromatic heterocycles. The van der Waals surface area contributed by atoms with E-state index in [4.69, 9.17) is 16.7 Å². The van der Waals surface area contributed by atoms with Gasteiger partial charge in [0.05, 0.1) is 0 Å². The molecule has 0 saturated carbocycles. The van der Waals surface area contributed by atoms with Crippen LogP contribution in [0.5, 0.6) is 0 Å². The predicted molar refractivity (Wildman–Crippen MR) is 82.6 cm³/mol. The standard InChI is InChI=1S/C15H21ClN2O3/c1-2-11(9-14(19)20)10-18-15(21)17-8-7-12-3-5-13(16)6-4-12/h3-6,11H,2,7-10H2,1H3,(H,19,20)(H2,17,18,21). The third-order valence-corrected chi connectivity index (χ3v) is 3.46. The minimum absolute atomic E-state index is 0.0375. The second-order valence-corrected chi connectivity index (χ2v) is 5.32. The predicted octanol–water partition coefficient (Wildman–Crippen LogP) is 2.68. The van der Waals surface area contributed by atoms with Crippen molar-refractivity contribution in [3.05, 3.63) is 34.9 Å². The Kier molecular flexibility index (Phi) is 7.61. The number of halogens is 1. The molecule has 0 radical (unpaired) electrons. The number of nitrogens with one attached hydrogen (secondary N) is 2. The molecule has 3 N–H and O–H groups in total. The Morgan fingerprint density at radius 1 is 1.24 bits per heavy atom. The van der Waals surface area contributed by atoms with Gasteiger partial charge in [-0.25, -0.2) is 4.79 Å². The highest BCUT2D eigenvalue weighted by Crippen LogP contribution is 2.09. The number of benzene rings is 1. The summed E-state index contributed by atoms with van der Waals surface area (Å²) in [5.74, 6) is -0.878. The molecular weight excluding hydrogens is 292 g/mol. The number of hydrogen-bond acceptors (Lipinski definition) is 2. The smallest absolute Gasteiger partial charge is 0.314 e. The number of carboxylic acids is 1. The number of carboxylic acid groups (broad SMARTS) is 1. The number of amides is 2. The van der Waals surface area contributed by atoms with Crippen LogP contribution in [0.2, 0.25) is 5.02 Å². The summed E-state index contributed by atoms with van der Waals surface area (Å²) < 4.78 is 0. The first-order valence-corrected chi connectivity index (χ1v) is 7.37. The summed E-state index contributed by atoms with van der Waals surface area (Å²) in [5, 5.41) is 14.9. The van der Waals surface area contributed by atoms with Crippen LogP contribution < -0.4 is 10.6 Å². The van der Waals surface area contributed by atoms with Crippen molar-refractivity contribution in [3.8, 4) is 0 Å². The Hall–Kier alpha value is -1.75. The molecule has 0 bridgehead atoms. The van der Waals surface area contributed by atoms with E-state index in [-0.39, 0.29) is 18.4 Å². The molecule has 1 aromatic rings. The van der Waals surface area contributed by atoms with Crippen molar-refractivity contribution in [3.63, 3.8) is 0 Å². The highest BCUT2D eigenvalue weighted by atomic mass is 35.5. The van der Waals surface area contributed by atoms with Crippen LogP contribution in [-0.4, -0.2) is 30.2 Å². The Balaban J connectivity index is 2.21. The molecule has 116 valence electrons. The molecule has 0 aliphatic carbocycles. The second-order valence-electron chi connectivity index (χ2n) is 4.89. The maximum atomic E-state index is 11.6. The van der Waals surface area contributed by atoms with Crippen LogP contribution in [-0.2, 0) is 11.2 Å². The van der Waals surface area contributed by atoms with Crippen molar-refractivity contribution in [2.75, 3.05) is 13.1 Å². The number of hydrogen-bond donors (Lipinski definition) is 3. The van der Waals surface area contributed by atoms with Crippen LogP contribution in [0.3, 0.4) is 0 Å². The third kappa shape index (κ3) is 7.56. The van der Waals surface area contributed by atoms with Crippen LogP contribution >= 0.6 is 11.6 Å². The highest BCUT2D eigenvalue weighted by Gasteiger charge is 2.12. The number of carbonyl (C=O) groups excluding carboxylic acids is 1. The number of rotatable bonds is 8. The molecule has 0 aliphatic heterocycles. The van der Waals surface area contributed by atoms with Crippen molar-refractivity contribution in [2.45, 2.75) is 26.2 Å². The molecule has 2 amide bonds. The van der Waals surface area contributed by atoms with Crippen molar-refractivity contribution < 1.29 is 14.7 Å². The molecule has 1 rings (SSSR count). The van der Waals surface area contributed by atoms with Gasteiger partial charge in [0.15, 0.2) is 0 Å². The first kappa shape index (κ1) is 17.3. The Morgan fingerprint density at radius 3 is 2.48 bits per heavy atom. The Labute approximate surface area is 129 Å². The van der Waals surface area contributed by atoms with E-state index < -0.39 is 5.97 Å². The summed E-state index contributed by atoms with van der Waals surface area (Å²) >= 11 is 5.80. The van der Waals surface area contributed by atoms with Gasteiger partial charge in [-0.1, -0.05) is 37.1 Å². The Bertz CT molecular complexity index is 462. The number of aliphatic carboxylic acids is 1. The van der Waals surface area contributed by atoms with Gasteiger partial charge in [-0.15, -0.1) is 0 Å². The molecule has 1 aromatic carbocycles. The fraction of sp³-hybridized carbons (Fsp3) is 0.467. The molecule has 1 unspecified atom stereocenters. The number of carbonyl (C=O) groups is 2. The van der Waals surface area contributed by atoms with Crippen LogP contribution in [0.4, 0.5) is 4.79 Å². The first-order valence-electron chi connectivity index (χ1n) is 6.99. The van der Waals surface area contributed by atoms with E-state index in [9.17, 15) is 9.59 Å². The van der Waals surface area contributed by atoms with Gasteiger partial charge in [-0.2, -0.15) is 0 Å². The van der Waals surface area contributed by atoms with E-state index in [1.165, 1.54) is 0 Å². The maximum Gasteiger partial charge on any atom is 0.314 e. The van der Waals surface area contributed by atoms with Crippen molar-refractivity contribution >= 4 is 23.6 Å². The zero-order valence-electron chi connectivity index (χ0n) is 12.1. The van der Waals surface area contributed by atoms with E-state index in [2.05, 4.69) is 10.6 Å². The summed E-state index contributed by atoms with van der Waals surface area (Å²) in [6, 6.07) is 7.19. The third-order valence-electron chi connectivity index (χ3n) is 3.20. The molecule has 0 fully saturated rings. The van der Waals surface area contributed by atoms with E-state index in [1.54, 1.807) is 0 Å². The van der Waals surface area contributed by atoms with E-state index >= 15 is 0 Å². The van der Waals surface area contributed by atoms with E-state index in [1.807, 2.05) is 31.2 Å².